The second kappa shape index (κ2) is 5.28. The zero-order valence-corrected chi connectivity index (χ0v) is 9.86. The summed E-state index contributed by atoms with van der Waals surface area (Å²) in [7, 11) is 1.95. The zero-order chi connectivity index (χ0) is 11.3. The number of ether oxygens (including phenoxy) is 1. The van der Waals surface area contributed by atoms with Crippen LogP contribution in [0.15, 0.2) is 12.3 Å². The van der Waals surface area contributed by atoms with E-state index in [0.717, 1.165) is 19.4 Å². The third-order valence-electron chi connectivity index (χ3n) is 2.51. The molecule has 0 fully saturated rings. The Kier molecular flexibility index (Phi) is 4.29. The van der Waals surface area contributed by atoms with Gasteiger partial charge in [-0.2, -0.15) is 5.10 Å². The summed E-state index contributed by atoms with van der Waals surface area (Å²) in [5, 5.41) is 4.12. The molecule has 0 aliphatic carbocycles. The first-order chi connectivity index (χ1) is 7.05. The highest BCUT2D eigenvalue weighted by atomic mass is 16.5. The van der Waals surface area contributed by atoms with E-state index in [0.29, 0.717) is 6.61 Å². The molecule has 0 aliphatic heterocycles. The van der Waals surface area contributed by atoms with Crippen LogP contribution in [0.4, 0.5) is 0 Å². The minimum Gasteiger partial charge on any atom is -0.380 e. The molecule has 0 saturated carbocycles. The van der Waals surface area contributed by atoms with Crippen molar-refractivity contribution in [1.82, 2.24) is 9.78 Å². The van der Waals surface area contributed by atoms with Crippen LogP contribution in [-0.2, 0) is 18.2 Å². The number of hydrogen-bond donors (Lipinski definition) is 1. The van der Waals surface area contributed by atoms with Crippen molar-refractivity contribution in [2.24, 2.45) is 12.8 Å². The van der Waals surface area contributed by atoms with Crippen LogP contribution < -0.4 is 5.73 Å². The normalized spacial score (nSPS) is 15.2. The molecular formula is C11H21N3O. The van der Waals surface area contributed by atoms with Crippen LogP contribution in [-0.4, -0.2) is 28.5 Å². The Balaban J connectivity index is 2.39. The van der Waals surface area contributed by atoms with Crippen molar-refractivity contribution >= 4 is 0 Å². The molecule has 4 nitrogen and oxygen atoms in total. The highest BCUT2D eigenvalue weighted by Crippen LogP contribution is 2.11. The van der Waals surface area contributed by atoms with E-state index in [-0.39, 0.29) is 5.54 Å². The second-order valence-corrected chi connectivity index (χ2v) is 4.24. The van der Waals surface area contributed by atoms with Crippen molar-refractivity contribution in [3.05, 3.63) is 18.0 Å². The van der Waals surface area contributed by atoms with Crippen LogP contribution in [0, 0.1) is 0 Å². The van der Waals surface area contributed by atoms with Gasteiger partial charge in [-0.1, -0.05) is 0 Å². The summed E-state index contributed by atoms with van der Waals surface area (Å²) in [4.78, 5) is 0. The minimum atomic E-state index is -0.250. The predicted octanol–water partition coefficient (Wildman–Crippen LogP) is 1.11. The van der Waals surface area contributed by atoms with Crippen molar-refractivity contribution in [3.63, 3.8) is 0 Å². The summed E-state index contributed by atoms with van der Waals surface area (Å²) in [5.74, 6) is 0. The molecule has 0 bridgehead atoms. The maximum absolute atomic E-state index is 6.11. The number of hydrogen-bond acceptors (Lipinski definition) is 3. The first-order valence-electron chi connectivity index (χ1n) is 5.38. The van der Waals surface area contributed by atoms with E-state index in [1.807, 2.05) is 37.8 Å². The first-order valence-corrected chi connectivity index (χ1v) is 5.38. The smallest absolute Gasteiger partial charge is 0.0643 e. The standard InChI is InChI=1S/C11H21N3O/c1-4-15-9-11(2,12)7-5-10-6-8-13-14(10)3/h6,8H,4-5,7,9,12H2,1-3H3. The number of aryl methyl sites for hydroxylation is 2. The highest BCUT2D eigenvalue weighted by Gasteiger charge is 2.18. The van der Waals surface area contributed by atoms with Gasteiger partial charge in [0, 0.05) is 31.1 Å². The number of aromatic nitrogens is 2. The van der Waals surface area contributed by atoms with E-state index < -0.39 is 0 Å². The van der Waals surface area contributed by atoms with Crippen molar-refractivity contribution in [2.75, 3.05) is 13.2 Å². The average Bonchev–Trinajstić information content (AvgIpc) is 2.58. The van der Waals surface area contributed by atoms with Gasteiger partial charge in [-0.15, -0.1) is 0 Å². The number of nitrogens with two attached hydrogens (primary N) is 1. The van der Waals surface area contributed by atoms with Crippen molar-refractivity contribution in [1.29, 1.82) is 0 Å². The maximum Gasteiger partial charge on any atom is 0.0643 e. The Hall–Kier alpha value is -0.870. The molecule has 1 heterocycles. The zero-order valence-electron chi connectivity index (χ0n) is 9.86. The van der Waals surface area contributed by atoms with Crippen LogP contribution >= 0.6 is 0 Å². The SMILES string of the molecule is CCOCC(C)(N)CCc1ccnn1C. The molecule has 2 N–H and O–H groups in total. The minimum absolute atomic E-state index is 0.250. The van der Waals surface area contributed by atoms with E-state index in [1.165, 1.54) is 5.69 Å². The van der Waals surface area contributed by atoms with Gasteiger partial charge in [-0.05, 0) is 32.8 Å². The molecule has 0 amide bonds. The van der Waals surface area contributed by atoms with E-state index in [4.69, 9.17) is 10.5 Å². The lowest BCUT2D eigenvalue weighted by molar-refractivity contribution is 0.0976. The maximum atomic E-state index is 6.11. The molecular weight excluding hydrogens is 190 g/mol. The van der Waals surface area contributed by atoms with Gasteiger partial charge in [0.25, 0.3) is 0 Å². The monoisotopic (exact) mass is 211 g/mol. The third kappa shape index (κ3) is 4.01. The molecule has 0 aromatic carbocycles. The first kappa shape index (κ1) is 12.2. The molecule has 1 rings (SSSR count). The van der Waals surface area contributed by atoms with Gasteiger partial charge >= 0.3 is 0 Å². The van der Waals surface area contributed by atoms with Gasteiger partial charge in [0.05, 0.1) is 6.61 Å². The lowest BCUT2D eigenvalue weighted by Crippen LogP contribution is -2.41. The van der Waals surface area contributed by atoms with Crippen molar-refractivity contribution in [2.45, 2.75) is 32.2 Å². The average molecular weight is 211 g/mol. The summed E-state index contributed by atoms with van der Waals surface area (Å²) in [6.07, 6.45) is 3.66. The fraction of sp³-hybridized carbons (Fsp3) is 0.727. The molecule has 0 radical (unpaired) electrons. The largest absolute Gasteiger partial charge is 0.380 e. The van der Waals surface area contributed by atoms with Gasteiger partial charge in [0.2, 0.25) is 0 Å². The van der Waals surface area contributed by atoms with Crippen LogP contribution in [0.1, 0.15) is 26.0 Å². The Morgan fingerprint density at radius 3 is 2.87 bits per heavy atom. The Bertz CT molecular complexity index is 294. The fourth-order valence-corrected chi connectivity index (χ4v) is 1.47. The molecule has 4 heteroatoms. The van der Waals surface area contributed by atoms with Crippen LogP contribution in [0.25, 0.3) is 0 Å². The van der Waals surface area contributed by atoms with Gasteiger partial charge < -0.3 is 10.5 Å². The van der Waals surface area contributed by atoms with Crippen molar-refractivity contribution in [3.8, 4) is 0 Å². The Morgan fingerprint density at radius 1 is 1.60 bits per heavy atom. The molecule has 1 unspecified atom stereocenters. The molecule has 1 aromatic rings. The van der Waals surface area contributed by atoms with Gasteiger partial charge in [-0.25, -0.2) is 0 Å². The molecule has 0 spiro atoms. The number of rotatable bonds is 6. The Morgan fingerprint density at radius 2 is 2.33 bits per heavy atom. The Labute approximate surface area is 91.4 Å². The van der Waals surface area contributed by atoms with E-state index >= 15 is 0 Å². The lowest BCUT2D eigenvalue weighted by Gasteiger charge is -2.24. The van der Waals surface area contributed by atoms with Gasteiger partial charge in [-0.3, -0.25) is 4.68 Å². The molecule has 0 saturated heterocycles. The predicted molar refractivity (Wildman–Crippen MR) is 60.6 cm³/mol. The van der Waals surface area contributed by atoms with Crippen LogP contribution in [0.3, 0.4) is 0 Å². The van der Waals surface area contributed by atoms with Crippen molar-refractivity contribution < 1.29 is 4.74 Å². The quantitative estimate of drug-likeness (QED) is 0.766. The molecule has 86 valence electrons. The molecule has 0 aliphatic rings. The van der Waals surface area contributed by atoms with Crippen LogP contribution in [0.5, 0.6) is 0 Å². The van der Waals surface area contributed by atoms with Crippen LogP contribution in [0.2, 0.25) is 0 Å². The van der Waals surface area contributed by atoms with E-state index in [2.05, 4.69) is 5.10 Å². The summed E-state index contributed by atoms with van der Waals surface area (Å²) >= 11 is 0. The number of nitrogens with zero attached hydrogens (tertiary/aromatic N) is 2. The second-order valence-electron chi connectivity index (χ2n) is 4.24. The van der Waals surface area contributed by atoms with E-state index in [1.54, 1.807) is 0 Å². The van der Waals surface area contributed by atoms with E-state index in [9.17, 15) is 0 Å². The summed E-state index contributed by atoms with van der Waals surface area (Å²) in [6, 6.07) is 2.02. The topological polar surface area (TPSA) is 53.1 Å². The molecule has 15 heavy (non-hydrogen) atoms. The summed E-state index contributed by atoms with van der Waals surface area (Å²) in [6.45, 7) is 5.34. The lowest BCUT2D eigenvalue weighted by atomic mass is 9.97. The van der Waals surface area contributed by atoms with Gasteiger partial charge in [0.15, 0.2) is 0 Å². The molecule has 1 aromatic heterocycles. The summed E-state index contributed by atoms with van der Waals surface area (Å²) in [5.41, 5.74) is 7.08. The van der Waals surface area contributed by atoms with Gasteiger partial charge in [0.1, 0.15) is 0 Å². The highest BCUT2D eigenvalue weighted by molar-refractivity contribution is 5.01. The third-order valence-corrected chi connectivity index (χ3v) is 2.51. The summed E-state index contributed by atoms with van der Waals surface area (Å²) < 4.78 is 7.24. The molecule has 1 atom stereocenters. The fourth-order valence-electron chi connectivity index (χ4n) is 1.47.